The maximum Gasteiger partial charge on any atom is 0.264 e. The molecule has 0 aromatic heterocycles. The van der Waals surface area contributed by atoms with Crippen LogP contribution in [0.4, 0.5) is 11.4 Å². The number of aryl methyl sites for hydroxylation is 2. The Morgan fingerprint density at radius 2 is 1.68 bits per heavy atom. The van der Waals surface area contributed by atoms with Gasteiger partial charge < -0.3 is 10.1 Å². The van der Waals surface area contributed by atoms with Crippen LogP contribution < -0.4 is 14.4 Å². The lowest BCUT2D eigenvalue weighted by molar-refractivity contribution is -0.114. The summed E-state index contributed by atoms with van der Waals surface area (Å²) >= 11 is 0. The third-order valence-corrected chi connectivity index (χ3v) is 6.48. The summed E-state index contributed by atoms with van der Waals surface area (Å²) < 4.78 is 33.5. The molecule has 0 unspecified atom stereocenters. The molecule has 3 aromatic carbocycles. The zero-order valence-corrected chi connectivity index (χ0v) is 18.6. The first-order valence-electron chi connectivity index (χ1n) is 9.99. The van der Waals surface area contributed by atoms with Crippen molar-refractivity contribution in [3.8, 4) is 5.75 Å². The normalized spacial score (nSPS) is 11.1. The minimum absolute atomic E-state index is 0.132. The Kier molecular flexibility index (Phi) is 6.97. The lowest BCUT2D eigenvalue weighted by Crippen LogP contribution is -2.38. The van der Waals surface area contributed by atoms with Gasteiger partial charge in [-0.2, -0.15) is 0 Å². The van der Waals surface area contributed by atoms with Gasteiger partial charge in [0.25, 0.3) is 10.0 Å². The highest BCUT2D eigenvalue weighted by molar-refractivity contribution is 7.92. The summed E-state index contributed by atoms with van der Waals surface area (Å²) in [6.45, 7) is 5.73. The van der Waals surface area contributed by atoms with Crippen molar-refractivity contribution in [3.63, 3.8) is 0 Å². The minimum Gasteiger partial charge on any atom is -0.494 e. The van der Waals surface area contributed by atoms with E-state index >= 15 is 0 Å². The molecule has 0 aliphatic carbocycles. The largest absolute Gasteiger partial charge is 0.494 e. The number of nitrogens with one attached hydrogen (secondary N) is 1. The molecule has 7 heteroatoms. The van der Waals surface area contributed by atoms with Gasteiger partial charge in [-0.15, -0.1) is 0 Å². The fourth-order valence-electron chi connectivity index (χ4n) is 3.14. The summed E-state index contributed by atoms with van der Waals surface area (Å²) in [4.78, 5) is 13.0. The maximum atomic E-state index is 13.4. The third kappa shape index (κ3) is 5.44. The van der Waals surface area contributed by atoms with Crippen LogP contribution in [0.5, 0.6) is 5.75 Å². The van der Waals surface area contributed by atoms with Crippen LogP contribution in [0.3, 0.4) is 0 Å². The van der Waals surface area contributed by atoms with Gasteiger partial charge in [0.1, 0.15) is 12.3 Å². The van der Waals surface area contributed by atoms with Crippen LogP contribution >= 0.6 is 0 Å². The Hall–Kier alpha value is -3.32. The highest BCUT2D eigenvalue weighted by Crippen LogP contribution is 2.27. The third-order valence-electron chi connectivity index (χ3n) is 4.71. The number of carbonyl (C=O) groups is 1. The van der Waals surface area contributed by atoms with Crippen molar-refractivity contribution in [2.75, 3.05) is 22.8 Å². The standard InChI is InChI=1S/C24H26N2O4S/c1-4-30-21-10-7-9-20(16-21)25-24(27)17-26(23-11-6-5-8-19(23)3)31(28,29)22-14-12-18(2)13-15-22/h5-16H,4,17H2,1-3H3,(H,25,27). The molecule has 0 saturated carbocycles. The Balaban J connectivity index is 1.92. The SMILES string of the molecule is CCOc1cccc(NC(=O)CN(c2ccccc2C)S(=O)(=O)c2ccc(C)cc2)c1. The van der Waals surface area contributed by atoms with E-state index in [2.05, 4.69) is 5.32 Å². The first kappa shape index (κ1) is 22.4. The Morgan fingerprint density at radius 3 is 2.35 bits per heavy atom. The van der Waals surface area contributed by atoms with Crippen molar-refractivity contribution >= 4 is 27.3 Å². The Bertz CT molecular complexity index is 1160. The zero-order chi connectivity index (χ0) is 22.4. The van der Waals surface area contributed by atoms with Gasteiger partial charge in [-0.3, -0.25) is 9.10 Å². The second kappa shape index (κ2) is 9.66. The number of anilines is 2. The van der Waals surface area contributed by atoms with Crippen LogP contribution in [-0.4, -0.2) is 27.5 Å². The molecule has 0 fully saturated rings. The molecular weight excluding hydrogens is 412 g/mol. The van der Waals surface area contributed by atoms with Crippen molar-refractivity contribution in [2.45, 2.75) is 25.7 Å². The molecule has 1 N–H and O–H groups in total. The van der Waals surface area contributed by atoms with Gasteiger partial charge in [0, 0.05) is 11.8 Å². The molecule has 0 radical (unpaired) electrons. The number of amides is 1. The average Bonchev–Trinajstić information content (AvgIpc) is 2.73. The molecule has 162 valence electrons. The predicted molar refractivity (Wildman–Crippen MR) is 123 cm³/mol. The molecule has 31 heavy (non-hydrogen) atoms. The fourth-order valence-corrected chi connectivity index (χ4v) is 4.63. The fraction of sp³-hybridized carbons (Fsp3) is 0.208. The topological polar surface area (TPSA) is 75.7 Å². The highest BCUT2D eigenvalue weighted by atomic mass is 32.2. The minimum atomic E-state index is -3.95. The molecule has 0 bridgehead atoms. The van der Waals surface area contributed by atoms with Gasteiger partial charge in [0.2, 0.25) is 5.91 Å². The zero-order valence-electron chi connectivity index (χ0n) is 17.8. The Morgan fingerprint density at radius 1 is 0.968 bits per heavy atom. The Labute approximate surface area is 183 Å². The first-order chi connectivity index (χ1) is 14.8. The van der Waals surface area contributed by atoms with Crippen molar-refractivity contribution in [3.05, 3.63) is 83.9 Å². The summed E-state index contributed by atoms with van der Waals surface area (Å²) in [5.41, 5.74) is 2.70. The number of rotatable bonds is 8. The van der Waals surface area contributed by atoms with Gasteiger partial charge >= 0.3 is 0 Å². The number of ether oxygens (including phenoxy) is 1. The number of para-hydroxylation sites is 1. The van der Waals surface area contributed by atoms with Crippen LogP contribution in [0.25, 0.3) is 0 Å². The van der Waals surface area contributed by atoms with Crippen LogP contribution in [-0.2, 0) is 14.8 Å². The van der Waals surface area contributed by atoms with E-state index in [4.69, 9.17) is 4.74 Å². The van der Waals surface area contributed by atoms with E-state index in [9.17, 15) is 13.2 Å². The van der Waals surface area contributed by atoms with Gasteiger partial charge in [0.15, 0.2) is 0 Å². The van der Waals surface area contributed by atoms with Crippen molar-refractivity contribution < 1.29 is 17.9 Å². The number of nitrogens with zero attached hydrogens (tertiary/aromatic N) is 1. The highest BCUT2D eigenvalue weighted by Gasteiger charge is 2.28. The molecule has 3 aromatic rings. The number of hydrogen-bond acceptors (Lipinski definition) is 4. The summed E-state index contributed by atoms with van der Waals surface area (Å²) in [6.07, 6.45) is 0. The van der Waals surface area contributed by atoms with E-state index in [1.807, 2.05) is 32.9 Å². The van der Waals surface area contributed by atoms with Crippen LogP contribution in [0.15, 0.2) is 77.7 Å². The lowest BCUT2D eigenvalue weighted by Gasteiger charge is -2.25. The number of carbonyl (C=O) groups excluding carboxylic acids is 1. The van der Waals surface area contributed by atoms with Gasteiger partial charge in [-0.05, 0) is 56.7 Å². The van der Waals surface area contributed by atoms with Crippen molar-refractivity contribution in [1.82, 2.24) is 0 Å². The van der Waals surface area contributed by atoms with Crippen LogP contribution in [0.2, 0.25) is 0 Å². The number of hydrogen-bond donors (Lipinski definition) is 1. The number of sulfonamides is 1. The van der Waals surface area contributed by atoms with Crippen LogP contribution in [0.1, 0.15) is 18.1 Å². The molecule has 0 aliphatic rings. The molecule has 0 heterocycles. The van der Waals surface area contributed by atoms with Crippen molar-refractivity contribution in [1.29, 1.82) is 0 Å². The molecule has 3 rings (SSSR count). The second-order valence-electron chi connectivity index (χ2n) is 7.12. The monoisotopic (exact) mass is 438 g/mol. The molecule has 1 amide bonds. The molecule has 0 aliphatic heterocycles. The van der Waals surface area contributed by atoms with E-state index in [1.54, 1.807) is 60.7 Å². The molecule has 0 atom stereocenters. The van der Waals surface area contributed by atoms with Crippen molar-refractivity contribution in [2.24, 2.45) is 0 Å². The molecule has 0 saturated heterocycles. The number of benzene rings is 3. The summed E-state index contributed by atoms with van der Waals surface area (Å²) in [6, 6.07) is 20.7. The second-order valence-corrected chi connectivity index (χ2v) is 8.98. The van der Waals surface area contributed by atoms with E-state index < -0.39 is 15.9 Å². The smallest absolute Gasteiger partial charge is 0.264 e. The molecule has 0 spiro atoms. The van der Waals surface area contributed by atoms with E-state index in [-0.39, 0.29) is 11.4 Å². The first-order valence-corrected chi connectivity index (χ1v) is 11.4. The maximum absolute atomic E-state index is 13.4. The van der Waals surface area contributed by atoms with E-state index in [1.165, 1.54) is 0 Å². The summed E-state index contributed by atoms with van der Waals surface area (Å²) in [5.74, 6) is 0.177. The van der Waals surface area contributed by atoms with E-state index in [0.717, 1.165) is 15.4 Å². The average molecular weight is 439 g/mol. The molecule has 6 nitrogen and oxygen atoms in total. The quantitative estimate of drug-likeness (QED) is 0.560. The summed E-state index contributed by atoms with van der Waals surface area (Å²) in [7, 11) is -3.95. The molecular formula is C24H26N2O4S. The van der Waals surface area contributed by atoms with Gasteiger partial charge in [0.05, 0.1) is 17.2 Å². The van der Waals surface area contributed by atoms with Crippen LogP contribution in [0, 0.1) is 13.8 Å². The summed E-state index contributed by atoms with van der Waals surface area (Å²) in [5, 5.41) is 2.77. The predicted octanol–water partition coefficient (Wildman–Crippen LogP) is 4.54. The van der Waals surface area contributed by atoms with Gasteiger partial charge in [-0.25, -0.2) is 8.42 Å². The van der Waals surface area contributed by atoms with E-state index in [0.29, 0.717) is 23.7 Å². The van der Waals surface area contributed by atoms with Gasteiger partial charge in [-0.1, -0.05) is 42.0 Å². The lowest BCUT2D eigenvalue weighted by atomic mass is 10.2.